The van der Waals surface area contributed by atoms with Gasteiger partial charge in [0.2, 0.25) is 0 Å². The maximum absolute atomic E-state index is 13.6. The van der Waals surface area contributed by atoms with Crippen LogP contribution < -0.4 is 0 Å². The van der Waals surface area contributed by atoms with Crippen molar-refractivity contribution >= 4 is 0 Å². The van der Waals surface area contributed by atoms with Crippen LogP contribution in [0, 0.1) is 22.6 Å². The SMILES string of the molecule is CC(C)(C)CCOCc1cccc(C#N)c1F. The van der Waals surface area contributed by atoms with Gasteiger partial charge in [0.25, 0.3) is 0 Å². The van der Waals surface area contributed by atoms with Gasteiger partial charge in [0, 0.05) is 12.2 Å². The molecule has 1 rings (SSSR count). The van der Waals surface area contributed by atoms with E-state index in [4.69, 9.17) is 10.00 Å². The van der Waals surface area contributed by atoms with Crippen LogP contribution >= 0.6 is 0 Å². The first-order chi connectivity index (χ1) is 7.94. The average molecular weight is 235 g/mol. The van der Waals surface area contributed by atoms with E-state index in [2.05, 4.69) is 20.8 Å². The lowest BCUT2D eigenvalue weighted by atomic mass is 9.93. The van der Waals surface area contributed by atoms with Crippen molar-refractivity contribution in [2.45, 2.75) is 33.8 Å². The lowest BCUT2D eigenvalue weighted by Crippen LogP contribution is -2.10. The smallest absolute Gasteiger partial charge is 0.146 e. The molecule has 3 heteroatoms. The Kier molecular flexibility index (Phi) is 4.65. The zero-order chi connectivity index (χ0) is 12.9. The summed E-state index contributed by atoms with van der Waals surface area (Å²) in [5.74, 6) is -0.467. The molecule has 0 bridgehead atoms. The summed E-state index contributed by atoms with van der Waals surface area (Å²) in [6.45, 7) is 7.21. The summed E-state index contributed by atoms with van der Waals surface area (Å²) in [5, 5.41) is 8.69. The molecular formula is C14H18FNO. The van der Waals surface area contributed by atoms with Crippen LogP contribution in [0.4, 0.5) is 4.39 Å². The Bertz CT molecular complexity index is 415. The maximum Gasteiger partial charge on any atom is 0.146 e. The Morgan fingerprint density at radius 2 is 2.06 bits per heavy atom. The summed E-state index contributed by atoms with van der Waals surface area (Å²) < 4.78 is 19.1. The fourth-order valence-corrected chi connectivity index (χ4v) is 1.34. The van der Waals surface area contributed by atoms with Crippen molar-refractivity contribution in [3.63, 3.8) is 0 Å². The van der Waals surface area contributed by atoms with Gasteiger partial charge in [0.15, 0.2) is 0 Å². The monoisotopic (exact) mass is 235 g/mol. The minimum Gasteiger partial charge on any atom is -0.377 e. The number of nitriles is 1. The van der Waals surface area contributed by atoms with E-state index < -0.39 is 5.82 Å². The molecule has 0 radical (unpaired) electrons. The zero-order valence-electron chi connectivity index (χ0n) is 10.6. The number of hydrogen-bond acceptors (Lipinski definition) is 2. The van der Waals surface area contributed by atoms with E-state index in [-0.39, 0.29) is 17.6 Å². The van der Waals surface area contributed by atoms with Gasteiger partial charge < -0.3 is 4.74 Å². The van der Waals surface area contributed by atoms with Gasteiger partial charge in [0.05, 0.1) is 12.2 Å². The molecule has 0 saturated carbocycles. The first-order valence-electron chi connectivity index (χ1n) is 5.69. The van der Waals surface area contributed by atoms with Crippen molar-refractivity contribution in [2.75, 3.05) is 6.61 Å². The molecule has 2 nitrogen and oxygen atoms in total. The highest BCUT2D eigenvalue weighted by Gasteiger charge is 2.11. The molecule has 0 aromatic heterocycles. The molecule has 1 aromatic rings. The number of ether oxygens (including phenoxy) is 1. The molecule has 0 heterocycles. The summed E-state index contributed by atoms with van der Waals surface area (Å²) in [6, 6.07) is 6.60. The van der Waals surface area contributed by atoms with Crippen molar-refractivity contribution in [1.29, 1.82) is 5.26 Å². The maximum atomic E-state index is 13.6. The predicted molar refractivity (Wildman–Crippen MR) is 64.8 cm³/mol. The molecule has 0 atom stereocenters. The average Bonchev–Trinajstić information content (AvgIpc) is 2.25. The third kappa shape index (κ3) is 4.54. The quantitative estimate of drug-likeness (QED) is 0.746. The Hall–Kier alpha value is -1.40. The van der Waals surface area contributed by atoms with Gasteiger partial charge in [-0.25, -0.2) is 4.39 Å². The van der Waals surface area contributed by atoms with Gasteiger partial charge >= 0.3 is 0 Å². The third-order valence-corrected chi connectivity index (χ3v) is 2.45. The second-order valence-corrected chi connectivity index (χ2v) is 5.25. The van der Waals surface area contributed by atoms with Gasteiger partial charge in [-0.3, -0.25) is 0 Å². The normalized spacial score (nSPS) is 11.2. The number of halogens is 1. The fraction of sp³-hybridized carbons (Fsp3) is 0.500. The van der Waals surface area contributed by atoms with Crippen LogP contribution in [0.1, 0.15) is 38.3 Å². The molecule has 0 aliphatic rings. The van der Waals surface area contributed by atoms with E-state index in [0.717, 1.165) is 6.42 Å². The lowest BCUT2D eigenvalue weighted by Gasteiger charge is -2.17. The minimum atomic E-state index is -0.467. The molecule has 92 valence electrons. The lowest BCUT2D eigenvalue weighted by molar-refractivity contribution is 0.0943. The largest absolute Gasteiger partial charge is 0.377 e. The second kappa shape index (κ2) is 5.79. The molecule has 0 unspecified atom stereocenters. The van der Waals surface area contributed by atoms with Crippen LogP contribution in [-0.4, -0.2) is 6.61 Å². The van der Waals surface area contributed by atoms with Crippen LogP contribution in [-0.2, 0) is 11.3 Å². The van der Waals surface area contributed by atoms with Crippen LogP contribution in [0.5, 0.6) is 0 Å². The molecule has 0 N–H and O–H groups in total. The highest BCUT2D eigenvalue weighted by Crippen LogP contribution is 2.19. The minimum absolute atomic E-state index is 0.0712. The highest BCUT2D eigenvalue weighted by atomic mass is 19.1. The number of hydrogen-bond donors (Lipinski definition) is 0. The summed E-state index contributed by atoms with van der Waals surface area (Å²) in [7, 11) is 0. The number of rotatable bonds is 4. The topological polar surface area (TPSA) is 33.0 Å². The van der Waals surface area contributed by atoms with Crippen molar-refractivity contribution in [3.05, 3.63) is 35.1 Å². The molecule has 0 amide bonds. The van der Waals surface area contributed by atoms with Gasteiger partial charge in [0.1, 0.15) is 11.9 Å². The summed E-state index contributed by atoms with van der Waals surface area (Å²) in [5.41, 5.74) is 0.729. The van der Waals surface area contributed by atoms with E-state index in [9.17, 15) is 4.39 Å². The van der Waals surface area contributed by atoms with E-state index in [1.807, 2.05) is 6.07 Å². The predicted octanol–water partition coefficient (Wildman–Crippen LogP) is 3.65. The van der Waals surface area contributed by atoms with Crippen LogP contribution in [0.2, 0.25) is 0 Å². The number of benzene rings is 1. The molecule has 0 fully saturated rings. The van der Waals surface area contributed by atoms with E-state index in [1.54, 1.807) is 12.1 Å². The fourth-order valence-electron chi connectivity index (χ4n) is 1.34. The first kappa shape index (κ1) is 13.7. The van der Waals surface area contributed by atoms with Gasteiger partial charge in [-0.15, -0.1) is 0 Å². The van der Waals surface area contributed by atoms with Crippen molar-refractivity contribution in [1.82, 2.24) is 0 Å². The van der Waals surface area contributed by atoms with E-state index in [1.165, 1.54) is 6.07 Å². The Labute approximate surface area is 102 Å². The van der Waals surface area contributed by atoms with Crippen molar-refractivity contribution < 1.29 is 9.13 Å². The van der Waals surface area contributed by atoms with E-state index in [0.29, 0.717) is 12.2 Å². The molecule has 0 spiro atoms. The van der Waals surface area contributed by atoms with Gasteiger partial charge in [-0.05, 0) is 17.9 Å². The van der Waals surface area contributed by atoms with Crippen LogP contribution in [0.3, 0.4) is 0 Å². The van der Waals surface area contributed by atoms with Crippen molar-refractivity contribution in [3.8, 4) is 6.07 Å². The summed E-state index contributed by atoms with van der Waals surface area (Å²) in [6.07, 6.45) is 0.923. The zero-order valence-corrected chi connectivity index (χ0v) is 10.6. The Balaban J connectivity index is 2.51. The molecule has 0 saturated heterocycles. The van der Waals surface area contributed by atoms with Gasteiger partial charge in [-0.2, -0.15) is 5.26 Å². The summed E-state index contributed by atoms with van der Waals surface area (Å²) >= 11 is 0. The summed E-state index contributed by atoms with van der Waals surface area (Å²) in [4.78, 5) is 0. The second-order valence-electron chi connectivity index (χ2n) is 5.25. The van der Waals surface area contributed by atoms with Crippen LogP contribution in [0.25, 0.3) is 0 Å². The molecule has 17 heavy (non-hydrogen) atoms. The van der Waals surface area contributed by atoms with Gasteiger partial charge in [-0.1, -0.05) is 32.9 Å². The molecular weight excluding hydrogens is 217 g/mol. The van der Waals surface area contributed by atoms with Crippen molar-refractivity contribution in [2.24, 2.45) is 5.41 Å². The Morgan fingerprint density at radius 1 is 1.35 bits per heavy atom. The third-order valence-electron chi connectivity index (χ3n) is 2.45. The van der Waals surface area contributed by atoms with E-state index >= 15 is 0 Å². The highest BCUT2D eigenvalue weighted by molar-refractivity contribution is 5.34. The molecule has 0 aliphatic carbocycles. The first-order valence-corrected chi connectivity index (χ1v) is 5.69. The Morgan fingerprint density at radius 3 is 2.65 bits per heavy atom. The number of nitrogens with zero attached hydrogens (tertiary/aromatic N) is 1. The standard InChI is InChI=1S/C14H18FNO/c1-14(2,3)7-8-17-10-12-6-4-5-11(9-16)13(12)15/h4-6H,7-8,10H2,1-3H3. The molecule has 0 aliphatic heterocycles. The van der Waals surface area contributed by atoms with Crippen LogP contribution in [0.15, 0.2) is 18.2 Å². The molecule has 1 aromatic carbocycles.